The van der Waals surface area contributed by atoms with Crippen LogP contribution in [0, 0.1) is 11.3 Å². The van der Waals surface area contributed by atoms with E-state index >= 15 is 0 Å². The van der Waals surface area contributed by atoms with Gasteiger partial charge >= 0.3 is 5.97 Å². The number of benzene rings is 1. The summed E-state index contributed by atoms with van der Waals surface area (Å²) in [7, 11) is 1.43. The van der Waals surface area contributed by atoms with Gasteiger partial charge in [-0.15, -0.1) is 0 Å². The normalized spacial score (nSPS) is 36.3. The van der Waals surface area contributed by atoms with E-state index in [1.165, 1.54) is 29.3 Å². The molecule has 0 radical (unpaired) electrons. The number of esters is 1. The van der Waals surface area contributed by atoms with Crippen LogP contribution in [0.2, 0.25) is 0 Å². The molecular weight excluding hydrogens is 328 g/mol. The summed E-state index contributed by atoms with van der Waals surface area (Å²) < 4.78 is 5.22. The number of carbonyl (C=O) groups excluding carboxylic acids is 1. The van der Waals surface area contributed by atoms with Gasteiger partial charge in [0.25, 0.3) is 0 Å². The van der Waals surface area contributed by atoms with Crippen molar-refractivity contribution in [2.45, 2.75) is 31.8 Å². The fraction of sp³-hybridized carbons (Fsp3) is 0.476. The third-order valence-corrected chi connectivity index (χ3v) is 7.06. The molecule has 2 aromatic rings. The number of fused-ring (bicyclic) bond motifs is 4. The number of methoxy groups -OCH3 is 1. The zero-order chi connectivity index (χ0) is 18.1. The quantitative estimate of drug-likeness (QED) is 0.644. The summed E-state index contributed by atoms with van der Waals surface area (Å²) in [5, 5.41) is 11.7. The molecule has 1 aromatic carbocycles. The number of aromatic nitrogens is 1. The molecule has 3 saturated heterocycles. The second-order valence-corrected chi connectivity index (χ2v) is 7.81. The van der Waals surface area contributed by atoms with E-state index in [-0.39, 0.29) is 30.6 Å². The summed E-state index contributed by atoms with van der Waals surface area (Å²) in [6.07, 6.45) is 3.72. The van der Waals surface area contributed by atoms with Crippen LogP contribution < -0.4 is 0 Å². The maximum absolute atomic E-state index is 12.9. The Labute approximate surface area is 152 Å². The molecule has 6 rings (SSSR count). The molecule has 2 N–H and O–H groups in total. The predicted molar refractivity (Wildman–Crippen MR) is 98.6 cm³/mol. The first-order valence-corrected chi connectivity index (χ1v) is 9.35. The number of nitrogens with one attached hydrogen (secondary N) is 1. The number of ether oxygens (including phenoxy) is 1. The van der Waals surface area contributed by atoms with Gasteiger partial charge in [-0.05, 0) is 31.4 Å². The van der Waals surface area contributed by atoms with Crippen LogP contribution in [-0.4, -0.2) is 47.3 Å². The van der Waals surface area contributed by atoms with Crippen molar-refractivity contribution in [2.75, 3.05) is 20.3 Å². The van der Waals surface area contributed by atoms with Crippen LogP contribution in [0.3, 0.4) is 0 Å². The van der Waals surface area contributed by atoms with Gasteiger partial charge in [0.05, 0.1) is 19.8 Å². The molecule has 5 heterocycles. The number of aliphatic hydroxyl groups is 1. The average molecular weight is 352 g/mol. The van der Waals surface area contributed by atoms with Crippen molar-refractivity contribution >= 4 is 16.9 Å². The molecule has 5 atom stereocenters. The number of allylic oxidation sites excluding steroid dienone is 1. The van der Waals surface area contributed by atoms with Crippen molar-refractivity contribution in [3.8, 4) is 0 Å². The molecule has 4 bridgehead atoms. The number of aromatic amines is 1. The topological polar surface area (TPSA) is 65.6 Å². The lowest BCUT2D eigenvalue weighted by Gasteiger charge is -2.62. The van der Waals surface area contributed by atoms with E-state index in [1.54, 1.807) is 0 Å². The molecule has 0 aliphatic carbocycles. The molecule has 0 amide bonds. The van der Waals surface area contributed by atoms with Gasteiger partial charge in [0.2, 0.25) is 0 Å². The number of piperidine rings is 3. The van der Waals surface area contributed by atoms with E-state index in [9.17, 15) is 9.90 Å². The van der Waals surface area contributed by atoms with Gasteiger partial charge < -0.3 is 14.8 Å². The molecule has 4 aliphatic rings. The second-order valence-electron chi connectivity index (χ2n) is 7.81. The van der Waals surface area contributed by atoms with Crippen LogP contribution in [0.15, 0.2) is 35.9 Å². The van der Waals surface area contributed by atoms with E-state index in [4.69, 9.17) is 4.74 Å². The first kappa shape index (κ1) is 16.1. The predicted octanol–water partition coefficient (Wildman–Crippen LogP) is 2.57. The summed E-state index contributed by atoms with van der Waals surface area (Å²) in [4.78, 5) is 19.0. The first-order chi connectivity index (χ1) is 12.7. The number of hydrogen-bond donors (Lipinski definition) is 2. The van der Waals surface area contributed by atoms with Gasteiger partial charge in [-0.1, -0.05) is 29.8 Å². The van der Waals surface area contributed by atoms with E-state index in [1.807, 2.05) is 13.0 Å². The van der Waals surface area contributed by atoms with E-state index in [0.29, 0.717) is 0 Å². The molecule has 3 fully saturated rings. The third kappa shape index (κ3) is 1.75. The van der Waals surface area contributed by atoms with E-state index in [0.717, 1.165) is 24.9 Å². The number of aliphatic hydroxyl groups excluding tert-OH is 1. The Kier molecular flexibility index (Phi) is 3.37. The molecule has 5 heteroatoms. The Morgan fingerprint density at radius 1 is 1.46 bits per heavy atom. The van der Waals surface area contributed by atoms with Crippen molar-refractivity contribution in [3.63, 3.8) is 0 Å². The fourth-order valence-corrected chi connectivity index (χ4v) is 5.88. The van der Waals surface area contributed by atoms with Gasteiger partial charge in [-0.3, -0.25) is 9.69 Å². The SMILES string of the molecule is C/C=C1\CN2C3Cc4c([nH]c5ccccc45)[C@@H]2CC1C3(CO)C(=O)OC. The average Bonchev–Trinajstić information content (AvgIpc) is 3.06. The number of rotatable bonds is 2. The molecule has 0 spiro atoms. The largest absolute Gasteiger partial charge is 0.468 e. The first-order valence-electron chi connectivity index (χ1n) is 9.35. The zero-order valence-electron chi connectivity index (χ0n) is 15.2. The Morgan fingerprint density at radius 3 is 3.00 bits per heavy atom. The van der Waals surface area contributed by atoms with E-state index in [2.05, 4.69) is 34.2 Å². The minimum Gasteiger partial charge on any atom is -0.468 e. The maximum Gasteiger partial charge on any atom is 0.316 e. The number of carbonyl (C=O) groups is 1. The molecule has 0 saturated carbocycles. The second kappa shape index (κ2) is 5.44. The van der Waals surface area contributed by atoms with Crippen molar-refractivity contribution in [1.82, 2.24) is 9.88 Å². The molecule has 4 unspecified atom stereocenters. The van der Waals surface area contributed by atoms with Crippen LogP contribution in [0.1, 0.15) is 30.6 Å². The van der Waals surface area contributed by atoms with E-state index < -0.39 is 5.41 Å². The summed E-state index contributed by atoms with van der Waals surface area (Å²) in [6, 6.07) is 8.61. The lowest BCUT2D eigenvalue weighted by atomic mass is 9.55. The highest BCUT2D eigenvalue weighted by Crippen LogP contribution is 2.59. The fourth-order valence-electron chi connectivity index (χ4n) is 5.88. The monoisotopic (exact) mass is 352 g/mol. The summed E-state index contributed by atoms with van der Waals surface area (Å²) >= 11 is 0. The van der Waals surface area contributed by atoms with Gasteiger partial charge in [-0.25, -0.2) is 0 Å². The summed E-state index contributed by atoms with van der Waals surface area (Å²) in [5.41, 5.74) is 4.12. The van der Waals surface area contributed by atoms with Crippen LogP contribution in [0.5, 0.6) is 0 Å². The van der Waals surface area contributed by atoms with Gasteiger partial charge in [-0.2, -0.15) is 0 Å². The highest BCUT2D eigenvalue weighted by atomic mass is 16.5. The number of nitrogens with zero attached hydrogens (tertiary/aromatic N) is 1. The van der Waals surface area contributed by atoms with Crippen molar-refractivity contribution in [1.29, 1.82) is 0 Å². The molecule has 136 valence electrons. The van der Waals surface area contributed by atoms with Crippen molar-refractivity contribution in [2.24, 2.45) is 11.3 Å². The van der Waals surface area contributed by atoms with Crippen molar-refractivity contribution in [3.05, 3.63) is 47.2 Å². The van der Waals surface area contributed by atoms with Crippen LogP contribution in [0.4, 0.5) is 0 Å². The Bertz CT molecular complexity index is 930. The zero-order valence-corrected chi connectivity index (χ0v) is 15.2. The summed E-state index contributed by atoms with van der Waals surface area (Å²) in [6.45, 7) is 2.72. The number of hydrogen-bond acceptors (Lipinski definition) is 4. The van der Waals surface area contributed by atoms with Crippen molar-refractivity contribution < 1.29 is 14.6 Å². The minimum atomic E-state index is -0.874. The highest BCUT2D eigenvalue weighted by Gasteiger charge is 2.64. The molecule has 1 aromatic heterocycles. The van der Waals surface area contributed by atoms with Gasteiger partial charge in [0.1, 0.15) is 5.41 Å². The lowest BCUT2D eigenvalue weighted by molar-refractivity contribution is -0.183. The maximum atomic E-state index is 12.9. The molecule has 4 aliphatic heterocycles. The highest BCUT2D eigenvalue weighted by molar-refractivity contribution is 5.86. The van der Waals surface area contributed by atoms with Crippen LogP contribution in [-0.2, 0) is 16.0 Å². The molecule has 5 nitrogen and oxygen atoms in total. The molecular formula is C21H24N2O3. The lowest BCUT2D eigenvalue weighted by Crippen LogP contribution is -2.69. The van der Waals surface area contributed by atoms with Gasteiger partial charge in [0, 0.05) is 35.1 Å². The molecule has 26 heavy (non-hydrogen) atoms. The summed E-state index contributed by atoms with van der Waals surface area (Å²) in [5.74, 6) is -0.245. The minimum absolute atomic E-state index is 0.0286. The van der Waals surface area contributed by atoms with Crippen LogP contribution >= 0.6 is 0 Å². The smallest absolute Gasteiger partial charge is 0.316 e. The number of para-hydroxylation sites is 1. The Balaban J connectivity index is 1.73. The Hall–Kier alpha value is -2.11. The van der Waals surface area contributed by atoms with Gasteiger partial charge in [0.15, 0.2) is 0 Å². The Morgan fingerprint density at radius 2 is 2.27 bits per heavy atom. The standard InChI is InChI=1S/C21H24N2O3/c1-3-12-10-23-17-9-15(12)21(11-24,20(25)26-2)18(23)8-14-13-6-4-5-7-16(13)22-19(14)17/h3-7,15,17-18,22,24H,8-11H2,1-2H3/b12-3+/t15?,17-,18?,21?/m0/s1. The third-order valence-electron chi connectivity index (χ3n) is 7.06. The number of H-pyrrole nitrogens is 1. The van der Waals surface area contributed by atoms with Crippen LogP contribution in [0.25, 0.3) is 10.9 Å².